The Balaban J connectivity index is 1.66. The third-order valence-electron chi connectivity index (χ3n) is 4.72. The van der Waals surface area contributed by atoms with Gasteiger partial charge in [-0.2, -0.15) is 0 Å². The summed E-state index contributed by atoms with van der Waals surface area (Å²) in [7, 11) is 0. The second kappa shape index (κ2) is 6.71. The molecule has 2 fully saturated rings. The molecule has 1 aromatic rings. The number of alkyl halides is 1. The lowest BCUT2D eigenvalue weighted by atomic mass is 9.89. The van der Waals surface area contributed by atoms with Crippen LogP contribution in [0.2, 0.25) is 0 Å². The molecule has 1 aromatic carbocycles. The lowest BCUT2D eigenvalue weighted by Crippen LogP contribution is -2.18. The lowest BCUT2D eigenvalue weighted by molar-refractivity contribution is 0.195. The largest absolute Gasteiger partial charge is 0.492 e. The Labute approximate surface area is 130 Å². The van der Waals surface area contributed by atoms with Gasteiger partial charge in [-0.15, -0.1) is 11.6 Å². The summed E-state index contributed by atoms with van der Waals surface area (Å²) < 4.78 is 19.3. The first kappa shape index (κ1) is 14.7. The molecule has 0 aromatic heterocycles. The van der Waals surface area contributed by atoms with Gasteiger partial charge in [-0.25, -0.2) is 4.39 Å². The second-order valence-electron chi connectivity index (χ2n) is 6.13. The van der Waals surface area contributed by atoms with Crippen molar-refractivity contribution in [3.05, 3.63) is 29.6 Å². The lowest BCUT2D eigenvalue weighted by Gasteiger charge is -2.22. The highest BCUT2D eigenvalue weighted by Crippen LogP contribution is 2.48. The molecule has 0 radical (unpaired) electrons. The van der Waals surface area contributed by atoms with E-state index in [1.54, 1.807) is 6.07 Å². The van der Waals surface area contributed by atoms with Crippen molar-refractivity contribution < 1.29 is 9.13 Å². The zero-order chi connectivity index (χ0) is 14.7. The van der Waals surface area contributed by atoms with E-state index in [0.29, 0.717) is 29.5 Å². The fourth-order valence-corrected chi connectivity index (χ4v) is 3.80. The van der Waals surface area contributed by atoms with Crippen molar-refractivity contribution in [3.63, 3.8) is 0 Å². The number of benzene rings is 1. The first-order chi connectivity index (χ1) is 10.3. The quantitative estimate of drug-likeness (QED) is 0.582. The van der Waals surface area contributed by atoms with Crippen molar-refractivity contribution in [1.82, 2.24) is 0 Å². The van der Waals surface area contributed by atoms with Crippen LogP contribution in [0.3, 0.4) is 0 Å². The number of rotatable bonds is 4. The van der Waals surface area contributed by atoms with E-state index in [1.165, 1.54) is 37.8 Å². The van der Waals surface area contributed by atoms with Crippen molar-refractivity contribution in [2.24, 2.45) is 17.8 Å². The van der Waals surface area contributed by atoms with Crippen LogP contribution in [0.4, 0.5) is 4.39 Å². The maximum absolute atomic E-state index is 13.4. The summed E-state index contributed by atoms with van der Waals surface area (Å²) >= 11 is 5.61. The van der Waals surface area contributed by atoms with Gasteiger partial charge in [0.2, 0.25) is 0 Å². The van der Waals surface area contributed by atoms with E-state index in [2.05, 4.69) is 11.8 Å². The van der Waals surface area contributed by atoms with Gasteiger partial charge in [-0.05, 0) is 55.2 Å². The van der Waals surface area contributed by atoms with E-state index in [0.717, 1.165) is 18.4 Å². The van der Waals surface area contributed by atoms with E-state index in [4.69, 9.17) is 16.3 Å². The molecule has 0 N–H and O–H groups in total. The summed E-state index contributed by atoms with van der Waals surface area (Å²) in [6.07, 6.45) is 6.01. The summed E-state index contributed by atoms with van der Waals surface area (Å²) in [5, 5.41) is 0. The van der Waals surface area contributed by atoms with Gasteiger partial charge in [0.05, 0.1) is 12.2 Å². The molecule has 3 rings (SSSR count). The molecule has 2 bridgehead atoms. The molecular formula is C18H20ClFO. The van der Waals surface area contributed by atoms with Gasteiger partial charge in [0, 0.05) is 12.3 Å². The van der Waals surface area contributed by atoms with Crippen LogP contribution in [-0.2, 0) is 0 Å². The molecule has 0 saturated heterocycles. The van der Waals surface area contributed by atoms with Crippen molar-refractivity contribution in [3.8, 4) is 17.6 Å². The molecule has 0 amide bonds. The summed E-state index contributed by atoms with van der Waals surface area (Å²) in [6, 6.07) is 4.56. The molecule has 0 spiro atoms. The van der Waals surface area contributed by atoms with Gasteiger partial charge in [0.25, 0.3) is 0 Å². The van der Waals surface area contributed by atoms with E-state index in [1.807, 2.05) is 0 Å². The first-order valence-electron chi connectivity index (χ1n) is 7.73. The average Bonchev–Trinajstić information content (AvgIpc) is 3.09. The molecule has 21 heavy (non-hydrogen) atoms. The van der Waals surface area contributed by atoms with Crippen LogP contribution in [-0.4, -0.2) is 12.5 Å². The summed E-state index contributed by atoms with van der Waals surface area (Å²) in [6.45, 7) is 0.733. The molecule has 2 saturated carbocycles. The third-order valence-corrected chi connectivity index (χ3v) is 4.91. The van der Waals surface area contributed by atoms with E-state index in [9.17, 15) is 4.39 Å². The Morgan fingerprint density at radius 3 is 2.90 bits per heavy atom. The molecule has 0 aliphatic heterocycles. The van der Waals surface area contributed by atoms with Crippen molar-refractivity contribution >= 4 is 11.6 Å². The fraction of sp³-hybridized carbons (Fsp3) is 0.556. The van der Waals surface area contributed by atoms with Crippen LogP contribution in [0.5, 0.6) is 5.75 Å². The maximum atomic E-state index is 13.4. The van der Waals surface area contributed by atoms with Gasteiger partial charge in [0.15, 0.2) is 0 Å². The van der Waals surface area contributed by atoms with Gasteiger partial charge < -0.3 is 4.74 Å². The molecule has 1 nitrogen and oxygen atoms in total. The van der Waals surface area contributed by atoms with Gasteiger partial charge >= 0.3 is 0 Å². The third kappa shape index (κ3) is 3.52. The predicted octanol–water partition coefficient (Wildman–Crippen LogP) is 4.62. The van der Waals surface area contributed by atoms with Crippen molar-refractivity contribution in [1.29, 1.82) is 0 Å². The minimum absolute atomic E-state index is 0.280. The SMILES string of the molecule is Fc1ccc(OCC2CC3CCC2C3)c(C#CCCCl)c1. The standard InChI is InChI=1S/C18H20ClFO/c19-8-2-1-3-15-11-17(20)6-7-18(15)21-12-16-10-13-4-5-14(16)9-13/h6-7,11,13-14,16H,2,4-5,8-10,12H2. The van der Waals surface area contributed by atoms with Crippen molar-refractivity contribution in [2.45, 2.75) is 32.1 Å². The molecule has 112 valence electrons. The number of fused-ring (bicyclic) bond motifs is 2. The van der Waals surface area contributed by atoms with Crippen LogP contribution in [0.25, 0.3) is 0 Å². The highest BCUT2D eigenvalue weighted by molar-refractivity contribution is 6.18. The Morgan fingerprint density at radius 1 is 1.29 bits per heavy atom. The molecule has 3 unspecified atom stereocenters. The van der Waals surface area contributed by atoms with Crippen LogP contribution in [0, 0.1) is 35.4 Å². The van der Waals surface area contributed by atoms with E-state index < -0.39 is 0 Å². The zero-order valence-electron chi connectivity index (χ0n) is 12.1. The van der Waals surface area contributed by atoms with E-state index in [-0.39, 0.29) is 5.82 Å². The van der Waals surface area contributed by atoms with Crippen molar-refractivity contribution in [2.75, 3.05) is 12.5 Å². The minimum Gasteiger partial charge on any atom is -0.492 e. The monoisotopic (exact) mass is 306 g/mol. The van der Waals surface area contributed by atoms with Gasteiger partial charge in [-0.1, -0.05) is 18.3 Å². The molecule has 3 atom stereocenters. The minimum atomic E-state index is -0.280. The highest BCUT2D eigenvalue weighted by Gasteiger charge is 2.39. The van der Waals surface area contributed by atoms with Crippen LogP contribution in [0.15, 0.2) is 18.2 Å². The normalized spacial score (nSPS) is 26.5. The Hall–Kier alpha value is -1.20. The topological polar surface area (TPSA) is 9.23 Å². The van der Waals surface area contributed by atoms with Crippen LogP contribution in [0.1, 0.15) is 37.7 Å². The summed E-state index contributed by atoms with van der Waals surface area (Å²) in [4.78, 5) is 0. The zero-order valence-corrected chi connectivity index (χ0v) is 12.8. The smallest absolute Gasteiger partial charge is 0.135 e. The maximum Gasteiger partial charge on any atom is 0.135 e. The molecule has 2 aliphatic carbocycles. The van der Waals surface area contributed by atoms with Crippen LogP contribution < -0.4 is 4.74 Å². The molecule has 0 heterocycles. The van der Waals surface area contributed by atoms with Gasteiger partial charge in [0.1, 0.15) is 11.6 Å². The predicted molar refractivity (Wildman–Crippen MR) is 83.0 cm³/mol. The number of hydrogen-bond acceptors (Lipinski definition) is 1. The number of halogens is 2. The number of ether oxygens (including phenoxy) is 1. The molecule has 2 aliphatic rings. The first-order valence-corrected chi connectivity index (χ1v) is 8.27. The Kier molecular flexibility index (Phi) is 4.70. The fourth-order valence-electron chi connectivity index (χ4n) is 3.71. The highest BCUT2D eigenvalue weighted by atomic mass is 35.5. The Bertz CT molecular complexity index is 560. The van der Waals surface area contributed by atoms with Crippen LogP contribution >= 0.6 is 11.6 Å². The molecular weight excluding hydrogens is 287 g/mol. The number of hydrogen-bond donors (Lipinski definition) is 0. The van der Waals surface area contributed by atoms with E-state index >= 15 is 0 Å². The Morgan fingerprint density at radius 2 is 2.19 bits per heavy atom. The average molecular weight is 307 g/mol. The summed E-state index contributed by atoms with van der Waals surface area (Å²) in [5.41, 5.74) is 0.628. The summed E-state index contributed by atoms with van der Waals surface area (Å²) in [5.74, 6) is 9.23. The van der Waals surface area contributed by atoms with Gasteiger partial charge in [-0.3, -0.25) is 0 Å². The second-order valence-corrected chi connectivity index (χ2v) is 6.51. The molecule has 3 heteroatoms.